The van der Waals surface area contributed by atoms with Crippen LogP contribution in [-0.4, -0.2) is 18.4 Å². The molecular formula is C23H20N2O3. The number of benzene rings is 3. The maximum atomic E-state index is 12.4. The second-order valence-electron chi connectivity index (χ2n) is 6.62. The highest BCUT2D eigenvalue weighted by Gasteiger charge is 2.15. The lowest BCUT2D eigenvalue weighted by molar-refractivity contribution is -0.118. The van der Waals surface area contributed by atoms with Gasteiger partial charge in [-0.15, -0.1) is 0 Å². The summed E-state index contributed by atoms with van der Waals surface area (Å²) in [5.74, 6) is 0.411. The summed E-state index contributed by atoms with van der Waals surface area (Å²) in [4.78, 5) is 23.8. The Morgan fingerprint density at radius 2 is 1.75 bits per heavy atom. The van der Waals surface area contributed by atoms with E-state index in [2.05, 4.69) is 10.6 Å². The maximum Gasteiger partial charge on any atom is 0.262 e. The smallest absolute Gasteiger partial charge is 0.262 e. The molecule has 0 saturated heterocycles. The molecule has 140 valence electrons. The van der Waals surface area contributed by atoms with Crippen LogP contribution in [0.25, 0.3) is 11.1 Å². The minimum absolute atomic E-state index is 0.0256. The van der Waals surface area contributed by atoms with Crippen LogP contribution in [0.2, 0.25) is 0 Å². The van der Waals surface area contributed by atoms with E-state index in [0.29, 0.717) is 18.6 Å². The molecule has 0 saturated carbocycles. The molecule has 0 unspecified atom stereocenters. The van der Waals surface area contributed by atoms with E-state index in [4.69, 9.17) is 4.74 Å². The number of nitrogens with one attached hydrogen (secondary N) is 2. The number of anilines is 2. The number of carbonyl (C=O) groups excluding carboxylic acids is 2. The Morgan fingerprint density at radius 3 is 2.61 bits per heavy atom. The summed E-state index contributed by atoms with van der Waals surface area (Å²) in [7, 11) is 0. The Labute approximate surface area is 163 Å². The van der Waals surface area contributed by atoms with Crippen LogP contribution in [0.15, 0.2) is 72.8 Å². The Kier molecular flexibility index (Phi) is 5.06. The zero-order valence-electron chi connectivity index (χ0n) is 15.3. The van der Waals surface area contributed by atoms with Gasteiger partial charge in [-0.25, -0.2) is 0 Å². The molecule has 3 aromatic carbocycles. The first-order chi connectivity index (χ1) is 13.7. The fourth-order valence-corrected chi connectivity index (χ4v) is 3.25. The summed E-state index contributed by atoms with van der Waals surface area (Å²) in [5, 5.41) is 5.76. The minimum atomic E-state index is -0.227. The van der Waals surface area contributed by atoms with Gasteiger partial charge in [-0.3, -0.25) is 9.59 Å². The van der Waals surface area contributed by atoms with E-state index in [0.717, 1.165) is 28.1 Å². The van der Waals surface area contributed by atoms with Crippen molar-refractivity contribution in [2.75, 3.05) is 17.2 Å². The standard InChI is InChI=1S/C23H20N2O3/c26-22-13-10-17-14-18(11-12-20(17)24-22)28-15-23(27)25-21-9-5-4-8-19(21)16-6-2-1-3-7-16/h1-9,11-12,14H,10,13,15H2,(H,24,26)(H,25,27). The summed E-state index contributed by atoms with van der Waals surface area (Å²) >= 11 is 0. The summed E-state index contributed by atoms with van der Waals surface area (Å²) in [6.07, 6.45) is 1.14. The van der Waals surface area contributed by atoms with E-state index in [9.17, 15) is 9.59 Å². The highest BCUT2D eigenvalue weighted by molar-refractivity contribution is 5.96. The molecule has 5 heteroatoms. The molecule has 1 aliphatic rings. The molecule has 1 heterocycles. The van der Waals surface area contributed by atoms with Crippen molar-refractivity contribution in [1.29, 1.82) is 0 Å². The zero-order chi connectivity index (χ0) is 19.3. The fourth-order valence-electron chi connectivity index (χ4n) is 3.25. The van der Waals surface area contributed by atoms with Crippen molar-refractivity contribution in [2.24, 2.45) is 0 Å². The van der Waals surface area contributed by atoms with E-state index < -0.39 is 0 Å². The number of hydrogen-bond acceptors (Lipinski definition) is 3. The average molecular weight is 372 g/mol. The fraction of sp³-hybridized carbons (Fsp3) is 0.130. The quantitative estimate of drug-likeness (QED) is 0.703. The molecule has 2 amide bonds. The molecular weight excluding hydrogens is 352 g/mol. The van der Waals surface area contributed by atoms with E-state index in [1.807, 2.05) is 66.7 Å². The number of hydrogen-bond donors (Lipinski definition) is 2. The van der Waals surface area contributed by atoms with Gasteiger partial charge in [0.1, 0.15) is 5.75 Å². The molecule has 3 aromatic rings. The van der Waals surface area contributed by atoms with Crippen molar-refractivity contribution in [3.8, 4) is 16.9 Å². The summed E-state index contributed by atoms with van der Waals surface area (Å²) in [6.45, 7) is -0.0890. The Balaban J connectivity index is 1.41. The van der Waals surface area contributed by atoms with Gasteiger partial charge in [0.25, 0.3) is 5.91 Å². The van der Waals surface area contributed by atoms with Crippen LogP contribution in [0.5, 0.6) is 5.75 Å². The zero-order valence-corrected chi connectivity index (χ0v) is 15.3. The van der Waals surface area contributed by atoms with Gasteiger partial charge < -0.3 is 15.4 Å². The molecule has 0 aromatic heterocycles. The number of aryl methyl sites for hydroxylation is 1. The topological polar surface area (TPSA) is 67.4 Å². The van der Waals surface area contributed by atoms with E-state index in [1.54, 1.807) is 6.07 Å². The van der Waals surface area contributed by atoms with Gasteiger partial charge in [0.05, 0.1) is 0 Å². The number of rotatable bonds is 5. The third kappa shape index (κ3) is 4.04. The van der Waals surface area contributed by atoms with Crippen molar-refractivity contribution >= 4 is 23.2 Å². The van der Waals surface area contributed by atoms with Gasteiger partial charge in [0.2, 0.25) is 5.91 Å². The molecule has 0 radical (unpaired) electrons. The van der Waals surface area contributed by atoms with Crippen LogP contribution in [-0.2, 0) is 16.0 Å². The number of amides is 2. The van der Waals surface area contributed by atoms with Gasteiger partial charge in [-0.2, -0.15) is 0 Å². The van der Waals surface area contributed by atoms with Crippen LogP contribution in [0.1, 0.15) is 12.0 Å². The lowest BCUT2D eigenvalue weighted by Gasteiger charge is -2.17. The summed E-state index contributed by atoms with van der Waals surface area (Å²) < 4.78 is 5.65. The second-order valence-corrected chi connectivity index (χ2v) is 6.62. The van der Waals surface area contributed by atoms with Gasteiger partial charge in [-0.1, -0.05) is 48.5 Å². The number of carbonyl (C=O) groups is 2. The van der Waals surface area contributed by atoms with E-state index >= 15 is 0 Å². The number of fused-ring (bicyclic) bond motifs is 1. The predicted molar refractivity (Wildman–Crippen MR) is 109 cm³/mol. The normalized spacial score (nSPS) is 12.6. The SMILES string of the molecule is O=C1CCc2cc(OCC(=O)Nc3ccccc3-c3ccccc3)ccc2N1. The molecule has 4 rings (SSSR count). The highest BCUT2D eigenvalue weighted by Crippen LogP contribution is 2.28. The summed E-state index contributed by atoms with van der Waals surface area (Å²) in [6, 6.07) is 23.0. The molecule has 0 spiro atoms. The maximum absolute atomic E-state index is 12.4. The van der Waals surface area contributed by atoms with Crippen molar-refractivity contribution in [3.63, 3.8) is 0 Å². The van der Waals surface area contributed by atoms with Crippen molar-refractivity contribution < 1.29 is 14.3 Å². The Morgan fingerprint density at radius 1 is 0.964 bits per heavy atom. The van der Waals surface area contributed by atoms with Gasteiger partial charge >= 0.3 is 0 Å². The van der Waals surface area contributed by atoms with Crippen molar-refractivity contribution in [2.45, 2.75) is 12.8 Å². The predicted octanol–water partition coefficient (Wildman–Crippen LogP) is 4.26. The molecule has 0 atom stereocenters. The third-order valence-electron chi connectivity index (χ3n) is 4.63. The summed E-state index contributed by atoms with van der Waals surface area (Å²) in [5.41, 5.74) is 4.57. The van der Waals surface area contributed by atoms with Crippen LogP contribution in [0.4, 0.5) is 11.4 Å². The molecule has 0 bridgehead atoms. The van der Waals surface area contributed by atoms with Crippen LogP contribution in [0.3, 0.4) is 0 Å². The Hall–Kier alpha value is -3.60. The van der Waals surface area contributed by atoms with E-state index in [1.165, 1.54) is 0 Å². The van der Waals surface area contributed by atoms with Gasteiger partial charge in [-0.05, 0) is 41.8 Å². The molecule has 28 heavy (non-hydrogen) atoms. The largest absolute Gasteiger partial charge is 0.484 e. The minimum Gasteiger partial charge on any atom is -0.484 e. The van der Waals surface area contributed by atoms with Gasteiger partial charge in [0, 0.05) is 23.4 Å². The van der Waals surface area contributed by atoms with Crippen LogP contribution in [0, 0.1) is 0 Å². The van der Waals surface area contributed by atoms with Crippen LogP contribution < -0.4 is 15.4 Å². The lowest BCUT2D eigenvalue weighted by Crippen LogP contribution is -2.21. The van der Waals surface area contributed by atoms with Crippen molar-refractivity contribution in [1.82, 2.24) is 0 Å². The van der Waals surface area contributed by atoms with E-state index in [-0.39, 0.29) is 18.4 Å². The first-order valence-corrected chi connectivity index (χ1v) is 9.19. The Bertz CT molecular complexity index is 1020. The number of para-hydroxylation sites is 1. The molecule has 5 nitrogen and oxygen atoms in total. The monoisotopic (exact) mass is 372 g/mol. The first kappa shape index (κ1) is 17.8. The molecule has 1 aliphatic heterocycles. The second kappa shape index (κ2) is 7.96. The lowest BCUT2D eigenvalue weighted by atomic mass is 10.0. The highest BCUT2D eigenvalue weighted by atomic mass is 16.5. The third-order valence-corrected chi connectivity index (χ3v) is 4.63. The van der Waals surface area contributed by atoms with Gasteiger partial charge in [0.15, 0.2) is 6.61 Å². The molecule has 0 aliphatic carbocycles. The number of ether oxygens (including phenoxy) is 1. The molecule has 0 fully saturated rings. The van der Waals surface area contributed by atoms with Crippen molar-refractivity contribution in [3.05, 3.63) is 78.4 Å². The average Bonchev–Trinajstić information content (AvgIpc) is 2.73. The first-order valence-electron chi connectivity index (χ1n) is 9.19. The van der Waals surface area contributed by atoms with Crippen LogP contribution >= 0.6 is 0 Å². The molecule has 2 N–H and O–H groups in total.